The zero-order valence-electron chi connectivity index (χ0n) is 16.8. The van der Waals surface area contributed by atoms with Gasteiger partial charge in [0.15, 0.2) is 6.29 Å². The lowest BCUT2D eigenvalue weighted by molar-refractivity contribution is -0.345. The summed E-state index contributed by atoms with van der Waals surface area (Å²) in [6.45, 7) is 1.91. The molecular formula is C17H28N2O12. The van der Waals surface area contributed by atoms with E-state index in [4.69, 9.17) is 14.2 Å². The first kappa shape index (κ1) is 25.4. The summed E-state index contributed by atoms with van der Waals surface area (Å²) in [7, 11) is 0. The van der Waals surface area contributed by atoms with E-state index in [0.717, 1.165) is 6.92 Å². The van der Waals surface area contributed by atoms with Gasteiger partial charge < -0.3 is 55.5 Å². The molecule has 8 N–H and O–H groups in total. The molecule has 0 saturated carbocycles. The van der Waals surface area contributed by atoms with Crippen molar-refractivity contribution in [2.24, 2.45) is 0 Å². The fourth-order valence-electron chi connectivity index (χ4n) is 3.65. The number of aliphatic carboxylic acids is 1. The van der Waals surface area contributed by atoms with Gasteiger partial charge in [0.05, 0.1) is 30.9 Å². The molecule has 0 aromatic heterocycles. The van der Waals surface area contributed by atoms with E-state index >= 15 is 0 Å². The fraction of sp³-hybridized carbons (Fsp3) is 0.824. The number of carbonyl (C=O) groups is 3. The van der Waals surface area contributed by atoms with Gasteiger partial charge in [0, 0.05) is 13.3 Å². The third-order valence-corrected chi connectivity index (χ3v) is 5.20. The van der Waals surface area contributed by atoms with Crippen LogP contribution in [-0.2, 0) is 28.6 Å². The Labute approximate surface area is 176 Å². The summed E-state index contributed by atoms with van der Waals surface area (Å²) in [4.78, 5) is 34.8. The lowest BCUT2D eigenvalue weighted by atomic mass is 9.87. The predicted octanol–water partition coefficient (Wildman–Crippen LogP) is -4.63. The number of carboxylic acid groups (broad SMARTS) is 1. The highest BCUT2D eigenvalue weighted by Gasteiger charge is 2.57. The molecular weight excluding hydrogens is 424 g/mol. The molecule has 10 atom stereocenters. The summed E-state index contributed by atoms with van der Waals surface area (Å²) in [6.07, 6.45) is -11.6. The minimum absolute atomic E-state index is 0.229. The Hall–Kier alpha value is -1.91. The maximum absolute atomic E-state index is 12.1. The molecule has 2 aliphatic rings. The molecule has 2 heterocycles. The number of ether oxygens (including phenoxy) is 3. The first-order chi connectivity index (χ1) is 14.4. The monoisotopic (exact) mass is 452 g/mol. The lowest BCUT2D eigenvalue weighted by Gasteiger charge is -2.49. The zero-order valence-corrected chi connectivity index (χ0v) is 16.8. The molecule has 2 aliphatic heterocycles. The summed E-state index contributed by atoms with van der Waals surface area (Å²) in [5.41, 5.74) is 0. The Bertz CT molecular complexity index is 663. The van der Waals surface area contributed by atoms with Gasteiger partial charge in [-0.2, -0.15) is 0 Å². The number of aliphatic hydroxyl groups excluding tert-OH is 5. The van der Waals surface area contributed by atoms with Crippen molar-refractivity contribution in [3.05, 3.63) is 0 Å². The zero-order chi connectivity index (χ0) is 23.5. The largest absolute Gasteiger partial charge is 0.477 e. The number of nitrogens with one attached hydrogen (secondary N) is 2. The van der Waals surface area contributed by atoms with Gasteiger partial charge in [0.25, 0.3) is 5.79 Å². The molecule has 0 unspecified atom stereocenters. The van der Waals surface area contributed by atoms with E-state index in [-0.39, 0.29) is 6.41 Å². The van der Waals surface area contributed by atoms with Crippen LogP contribution >= 0.6 is 0 Å². The summed E-state index contributed by atoms with van der Waals surface area (Å²) < 4.78 is 15.9. The Morgan fingerprint density at radius 3 is 2.39 bits per heavy atom. The second-order valence-electron chi connectivity index (χ2n) is 7.55. The van der Waals surface area contributed by atoms with Crippen molar-refractivity contribution < 1.29 is 59.2 Å². The van der Waals surface area contributed by atoms with Crippen molar-refractivity contribution in [3.8, 4) is 0 Å². The highest BCUT2D eigenvalue weighted by Crippen LogP contribution is 2.35. The maximum atomic E-state index is 12.1. The number of carboxylic acids is 1. The molecule has 2 rings (SSSR count). The Morgan fingerprint density at radius 1 is 1.23 bits per heavy atom. The predicted molar refractivity (Wildman–Crippen MR) is 97.0 cm³/mol. The van der Waals surface area contributed by atoms with Crippen LogP contribution in [0.15, 0.2) is 0 Å². The van der Waals surface area contributed by atoms with Crippen LogP contribution in [0.5, 0.6) is 0 Å². The van der Waals surface area contributed by atoms with Crippen LogP contribution in [0.3, 0.4) is 0 Å². The van der Waals surface area contributed by atoms with Crippen molar-refractivity contribution in [2.45, 2.75) is 81.1 Å². The summed E-state index contributed by atoms with van der Waals surface area (Å²) in [5, 5.41) is 64.6. The van der Waals surface area contributed by atoms with Gasteiger partial charge in [-0.15, -0.1) is 0 Å². The molecule has 0 bridgehead atoms. The second kappa shape index (κ2) is 10.1. The number of amides is 2. The molecule has 0 radical (unpaired) electrons. The average molecular weight is 452 g/mol. The van der Waals surface area contributed by atoms with Crippen LogP contribution in [-0.4, -0.2) is 116 Å². The molecule has 14 nitrogen and oxygen atoms in total. The number of aliphatic hydroxyl groups is 5. The van der Waals surface area contributed by atoms with E-state index in [2.05, 4.69) is 10.6 Å². The van der Waals surface area contributed by atoms with Gasteiger partial charge >= 0.3 is 5.97 Å². The minimum Gasteiger partial charge on any atom is -0.477 e. The fourth-order valence-corrected chi connectivity index (χ4v) is 3.65. The van der Waals surface area contributed by atoms with Gasteiger partial charge in [-0.25, -0.2) is 4.79 Å². The molecule has 178 valence electrons. The number of rotatable bonds is 8. The van der Waals surface area contributed by atoms with E-state index in [1.807, 2.05) is 0 Å². The van der Waals surface area contributed by atoms with Crippen LogP contribution < -0.4 is 10.6 Å². The van der Waals surface area contributed by atoms with Gasteiger partial charge in [0.2, 0.25) is 12.3 Å². The Kier molecular flexibility index (Phi) is 8.29. The molecule has 2 amide bonds. The van der Waals surface area contributed by atoms with Crippen LogP contribution in [0.25, 0.3) is 0 Å². The average Bonchev–Trinajstić information content (AvgIpc) is 2.68. The number of hydrogen-bond acceptors (Lipinski definition) is 11. The Morgan fingerprint density at radius 2 is 1.87 bits per heavy atom. The highest BCUT2D eigenvalue weighted by atomic mass is 16.7. The van der Waals surface area contributed by atoms with Crippen molar-refractivity contribution >= 4 is 18.3 Å². The molecule has 0 aromatic rings. The van der Waals surface area contributed by atoms with E-state index in [9.17, 15) is 45.0 Å². The standard InChI is InChI=1S/C17H28N2O12/c1-6(21)10(18-5-20)14-11(19-7(2)22)8(23)3-17(31-14,16(27)28)30-9-4-29-15(26)13(25)12(9)24/h5-6,8-15,21,23-26H,3-4H2,1-2H3,(H,18,20)(H,19,22)(H,27,28)/t6-,8-,9+,10-,11-,12-,13+,14-,15-,17-/m0/s1. The second-order valence-corrected chi connectivity index (χ2v) is 7.55. The minimum atomic E-state index is -2.62. The molecule has 0 spiro atoms. The van der Waals surface area contributed by atoms with E-state index in [1.54, 1.807) is 0 Å². The maximum Gasteiger partial charge on any atom is 0.364 e. The van der Waals surface area contributed by atoms with Crippen molar-refractivity contribution in [3.63, 3.8) is 0 Å². The van der Waals surface area contributed by atoms with E-state index < -0.39 is 85.7 Å². The van der Waals surface area contributed by atoms with Gasteiger partial charge in [-0.3, -0.25) is 9.59 Å². The molecule has 31 heavy (non-hydrogen) atoms. The lowest BCUT2D eigenvalue weighted by Crippen LogP contribution is -2.70. The smallest absolute Gasteiger partial charge is 0.364 e. The molecule has 0 aliphatic carbocycles. The number of carbonyl (C=O) groups excluding carboxylic acids is 2. The molecule has 14 heteroatoms. The van der Waals surface area contributed by atoms with E-state index in [0.29, 0.717) is 0 Å². The van der Waals surface area contributed by atoms with E-state index in [1.165, 1.54) is 6.92 Å². The SMILES string of the molecule is CC(=O)N[C@@H]1[C@H]([C@@H](NC=O)[C@H](C)O)O[C@](O[C@@H]2CO[C@H](O)[C@H](O)[C@H]2O)(C(=O)O)C[C@@H]1O. The van der Waals surface area contributed by atoms with Crippen LogP contribution in [0, 0.1) is 0 Å². The summed E-state index contributed by atoms with van der Waals surface area (Å²) >= 11 is 0. The first-order valence-corrected chi connectivity index (χ1v) is 9.51. The molecule has 2 fully saturated rings. The third kappa shape index (κ3) is 5.48. The van der Waals surface area contributed by atoms with Gasteiger partial charge in [-0.05, 0) is 6.92 Å². The summed E-state index contributed by atoms with van der Waals surface area (Å²) in [6, 6.07) is -2.51. The van der Waals surface area contributed by atoms with Crippen molar-refractivity contribution in [1.29, 1.82) is 0 Å². The van der Waals surface area contributed by atoms with Crippen LogP contribution in [0.4, 0.5) is 0 Å². The summed E-state index contributed by atoms with van der Waals surface area (Å²) in [5.74, 6) is -4.93. The van der Waals surface area contributed by atoms with Gasteiger partial charge in [0.1, 0.15) is 24.4 Å². The first-order valence-electron chi connectivity index (χ1n) is 9.51. The van der Waals surface area contributed by atoms with Crippen LogP contribution in [0.2, 0.25) is 0 Å². The highest BCUT2D eigenvalue weighted by molar-refractivity contribution is 5.76. The molecule has 0 aromatic carbocycles. The quantitative estimate of drug-likeness (QED) is 0.163. The normalized spacial score (nSPS) is 40.4. The molecule has 2 saturated heterocycles. The van der Waals surface area contributed by atoms with Crippen molar-refractivity contribution in [2.75, 3.05) is 6.61 Å². The topological polar surface area (TPSA) is 224 Å². The third-order valence-electron chi connectivity index (χ3n) is 5.20. The van der Waals surface area contributed by atoms with Crippen molar-refractivity contribution in [1.82, 2.24) is 10.6 Å². The van der Waals surface area contributed by atoms with Gasteiger partial charge in [-0.1, -0.05) is 0 Å². The Balaban J connectivity index is 2.40. The van der Waals surface area contributed by atoms with Crippen LogP contribution in [0.1, 0.15) is 20.3 Å². The number of hydrogen-bond donors (Lipinski definition) is 8.